The lowest BCUT2D eigenvalue weighted by molar-refractivity contribution is -0.123. The van der Waals surface area contributed by atoms with Crippen LogP contribution in [0.3, 0.4) is 0 Å². The van der Waals surface area contributed by atoms with Crippen LogP contribution in [0.4, 0.5) is 4.79 Å². The van der Waals surface area contributed by atoms with E-state index in [1.807, 2.05) is 43.3 Å². The van der Waals surface area contributed by atoms with E-state index in [2.05, 4.69) is 4.98 Å². The Morgan fingerprint density at radius 2 is 1.78 bits per heavy atom. The van der Waals surface area contributed by atoms with Gasteiger partial charge in [-0.2, -0.15) is 0 Å². The third-order valence-electron chi connectivity index (χ3n) is 3.62. The second kappa shape index (κ2) is 6.44. The minimum atomic E-state index is -0.623. The molecule has 2 aromatic rings. The molecule has 0 spiro atoms. The molecular weight excluding hydrogens is 292 g/mol. The van der Waals surface area contributed by atoms with Crippen LogP contribution in [0.2, 0.25) is 0 Å². The Hall–Kier alpha value is -2.95. The molecule has 0 N–H and O–H groups in total. The molecule has 0 unspecified atom stereocenters. The SMILES string of the molecule is Cc1ccc(/C=C2/OC(=O)N(CCc3ccncc3)C2=O)cc1. The van der Waals surface area contributed by atoms with Gasteiger partial charge in [0.2, 0.25) is 0 Å². The maximum Gasteiger partial charge on any atom is 0.422 e. The molecule has 0 saturated carbocycles. The molecule has 0 bridgehead atoms. The Labute approximate surface area is 134 Å². The number of nitrogens with zero attached hydrogens (tertiary/aromatic N) is 2. The van der Waals surface area contributed by atoms with Gasteiger partial charge in [-0.15, -0.1) is 0 Å². The molecule has 5 heteroatoms. The molecule has 2 amide bonds. The second-order valence-corrected chi connectivity index (χ2v) is 5.35. The first-order valence-electron chi connectivity index (χ1n) is 7.34. The fourth-order valence-corrected chi connectivity index (χ4v) is 2.30. The number of ether oxygens (including phenoxy) is 1. The molecule has 0 atom stereocenters. The van der Waals surface area contributed by atoms with Gasteiger partial charge in [-0.1, -0.05) is 29.8 Å². The van der Waals surface area contributed by atoms with Gasteiger partial charge >= 0.3 is 6.09 Å². The predicted octanol–water partition coefficient (Wildman–Crippen LogP) is 2.95. The number of hydrogen-bond donors (Lipinski definition) is 0. The van der Waals surface area contributed by atoms with Crippen LogP contribution in [-0.4, -0.2) is 28.4 Å². The van der Waals surface area contributed by atoms with E-state index < -0.39 is 12.0 Å². The number of cyclic esters (lactones) is 1. The average Bonchev–Trinajstić information content (AvgIpc) is 2.82. The van der Waals surface area contributed by atoms with Crippen molar-refractivity contribution in [1.29, 1.82) is 0 Å². The van der Waals surface area contributed by atoms with Gasteiger partial charge in [0.05, 0.1) is 0 Å². The van der Waals surface area contributed by atoms with Crippen molar-refractivity contribution < 1.29 is 14.3 Å². The fraction of sp³-hybridized carbons (Fsp3) is 0.167. The first-order chi connectivity index (χ1) is 11.1. The van der Waals surface area contributed by atoms with Crippen molar-refractivity contribution in [3.8, 4) is 0 Å². The van der Waals surface area contributed by atoms with Crippen LogP contribution in [0.5, 0.6) is 0 Å². The van der Waals surface area contributed by atoms with Crippen molar-refractivity contribution in [1.82, 2.24) is 9.88 Å². The van der Waals surface area contributed by atoms with Gasteiger partial charge in [-0.25, -0.2) is 9.69 Å². The molecule has 1 aliphatic heterocycles. The molecule has 0 radical (unpaired) electrons. The molecule has 1 aromatic carbocycles. The molecular formula is C18H16N2O3. The van der Waals surface area contributed by atoms with Crippen LogP contribution in [0.25, 0.3) is 6.08 Å². The number of aryl methyl sites for hydroxylation is 1. The van der Waals surface area contributed by atoms with Crippen molar-refractivity contribution in [2.24, 2.45) is 0 Å². The van der Waals surface area contributed by atoms with E-state index in [-0.39, 0.29) is 12.3 Å². The number of aromatic nitrogens is 1. The zero-order valence-corrected chi connectivity index (χ0v) is 12.7. The molecule has 3 rings (SSSR count). The highest BCUT2D eigenvalue weighted by Gasteiger charge is 2.35. The molecule has 1 aliphatic rings. The van der Waals surface area contributed by atoms with E-state index in [0.29, 0.717) is 6.42 Å². The third kappa shape index (κ3) is 3.45. The minimum Gasteiger partial charge on any atom is -0.404 e. The monoisotopic (exact) mass is 308 g/mol. The first-order valence-corrected chi connectivity index (χ1v) is 7.34. The lowest BCUT2D eigenvalue weighted by Crippen LogP contribution is -2.30. The lowest BCUT2D eigenvalue weighted by Gasteiger charge is -2.09. The zero-order valence-electron chi connectivity index (χ0n) is 12.7. The van der Waals surface area contributed by atoms with Gasteiger partial charge in [0.25, 0.3) is 5.91 Å². The summed E-state index contributed by atoms with van der Waals surface area (Å²) in [7, 11) is 0. The number of carbonyl (C=O) groups excluding carboxylic acids is 2. The summed E-state index contributed by atoms with van der Waals surface area (Å²) in [4.78, 5) is 29.3. The smallest absolute Gasteiger partial charge is 0.404 e. The van der Waals surface area contributed by atoms with Crippen LogP contribution in [0.1, 0.15) is 16.7 Å². The maximum atomic E-state index is 12.3. The summed E-state index contributed by atoms with van der Waals surface area (Å²) in [5, 5.41) is 0. The van der Waals surface area contributed by atoms with Crippen LogP contribution < -0.4 is 0 Å². The molecule has 0 aliphatic carbocycles. The number of benzene rings is 1. The Morgan fingerprint density at radius 1 is 1.09 bits per heavy atom. The number of carbonyl (C=O) groups is 2. The number of imide groups is 1. The average molecular weight is 308 g/mol. The summed E-state index contributed by atoms with van der Waals surface area (Å²) in [5.41, 5.74) is 2.96. The summed E-state index contributed by atoms with van der Waals surface area (Å²) < 4.78 is 5.10. The summed E-state index contributed by atoms with van der Waals surface area (Å²) >= 11 is 0. The largest absolute Gasteiger partial charge is 0.422 e. The number of hydrogen-bond acceptors (Lipinski definition) is 4. The summed E-state index contributed by atoms with van der Waals surface area (Å²) in [6, 6.07) is 11.3. The molecule has 2 heterocycles. The van der Waals surface area contributed by atoms with E-state index >= 15 is 0 Å². The lowest BCUT2D eigenvalue weighted by atomic mass is 10.1. The molecule has 1 fully saturated rings. The topological polar surface area (TPSA) is 59.5 Å². The van der Waals surface area contributed by atoms with Gasteiger partial charge in [0, 0.05) is 18.9 Å². The second-order valence-electron chi connectivity index (χ2n) is 5.35. The highest BCUT2D eigenvalue weighted by Crippen LogP contribution is 2.20. The van der Waals surface area contributed by atoms with E-state index in [0.717, 1.165) is 21.6 Å². The van der Waals surface area contributed by atoms with Crippen LogP contribution in [0, 0.1) is 6.92 Å². The van der Waals surface area contributed by atoms with Crippen molar-refractivity contribution in [2.45, 2.75) is 13.3 Å². The molecule has 23 heavy (non-hydrogen) atoms. The van der Waals surface area contributed by atoms with E-state index in [4.69, 9.17) is 4.74 Å². The number of rotatable bonds is 4. The first kappa shape index (κ1) is 15.0. The minimum absolute atomic E-state index is 0.0635. The van der Waals surface area contributed by atoms with E-state index in [1.165, 1.54) is 0 Å². The number of pyridine rings is 1. The summed E-state index contributed by atoms with van der Waals surface area (Å²) in [6.45, 7) is 2.27. The molecule has 1 aromatic heterocycles. The Bertz CT molecular complexity index is 752. The molecule has 5 nitrogen and oxygen atoms in total. The highest BCUT2D eigenvalue weighted by atomic mass is 16.6. The Morgan fingerprint density at radius 3 is 2.48 bits per heavy atom. The van der Waals surface area contributed by atoms with Crippen molar-refractivity contribution >= 4 is 18.1 Å². The van der Waals surface area contributed by atoms with Gasteiger partial charge in [0.1, 0.15) is 0 Å². The molecule has 1 saturated heterocycles. The molecule has 116 valence electrons. The van der Waals surface area contributed by atoms with E-state index in [9.17, 15) is 9.59 Å². The van der Waals surface area contributed by atoms with Crippen molar-refractivity contribution in [3.63, 3.8) is 0 Å². The van der Waals surface area contributed by atoms with Crippen molar-refractivity contribution in [3.05, 3.63) is 71.2 Å². The normalized spacial score (nSPS) is 16.0. The Kier molecular flexibility index (Phi) is 4.19. The van der Waals surface area contributed by atoms with Crippen LogP contribution in [-0.2, 0) is 16.0 Å². The maximum absolute atomic E-state index is 12.3. The van der Waals surface area contributed by atoms with Gasteiger partial charge in [-0.05, 0) is 42.7 Å². The summed E-state index contributed by atoms with van der Waals surface area (Å²) in [5.74, 6) is -0.335. The van der Waals surface area contributed by atoms with Gasteiger partial charge in [0.15, 0.2) is 5.76 Å². The zero-order chi connectivity index (χ0) is 16.2. The van der Waals surface area contributed by atoms with E-state index in [1.54, 1.807) is 18.5 Å². The summed E-state index contributed by atoms with van der Waals surface area (Å²) in [6.07, 6.45) is 4.90. The Balaban J connectivity index is 1.71. The van der Waals surface area contributed by atoms with Gasteiger partial charge in [-0.3, -0.25) is 9.78 Å². The predicted molar refractivity (Wildman–Crippen MR) is 85.3 cm³/mol. The third-order valence-corrected chi connectivity index (χ3v) is 3.62. The standard InChI is InChI=1S/C18H16N2O3/c1-13-2-4-15(5-3-13)12-16-17(21)20(18(22)23-16)11-8-14-6-9-19-10-7-14/h2-7,9-10,12H,8,11H2,1H3/b16-12+. The quantitative estimate of drug-likeness (QED) is 0.815. The van der Waals surface area contributed by atoms with Crippen LogP contribution >= 0.6 is 0 Å². The van der Waals surface area contributed by atoms with Gasteiger partial charge < -0.3 is 4.74 Å². The fourth-order valence-electron chi connectivity index (χ4n) is 2.30. The van der Waals surface area contributed by atoms with Crippen molar-refractivity contribution in [2.75, 3.05) is 6.54 Å². The number of amides is 2. The van der Waals surface area contributed by atoms with Crippen LogP contribution in [0.15, 0.2) is 54.6 Å². The highest BCUT2D eigenvalue weighted by molar-refractivity contribution is 6.09.